The molecule has 4 N–H and O–H groups in total. The number of fused-ring (bicyclic) bond motifs is 1. The number of anilines is 1. The normalized spacial score (nSPS) is 11.7. The van der Waals surface area contributed by atoms with Gasteiger partial charge in [-0.1, -0.05) is 23.7 Å². The van der Waals surface area contributed by atoms with Crippen LogP contribution in [0.4, 0.5) is 14.5 Å². The van der Waals surface area contributed by atoms with Crippen molar-refractivity contribution in [1.29, 1.82) is 0 Å². The molecule has 122 valence electrons. The number of pyridine rings is 1. The van der Waals surface area contributed by atoms with E-state index < -0.39 is 17.4 Å². The van der Waals surface area contributed by atoms with Crippen LogP contribution in [-0.4, -0.2) is 10.1 Å². The Kier molecular flexibility index (Phi) is 4.22. The Morgan fingerprint density at radius 3 is 2.50 bits per heavy atom. The molecule has 0 radical (unpaired) electrons. The number of aromatic hydroxyl groups is 1. The molecule has 0 saturated heterocycles. The zero-order valence-electron chi connectivity index (χ0n) is 12.2. The topological polar surface area (TPSA) is 71.2 Å². The summed E-state index contributed by atoms with van der Waals surface area (Å²) >= 11 is 5.94. The minimum atomic E-state index is -1.07. The zero-order chi connectivity index (χ0) is 17.3. The van der Waals surface area contributed by atoms with E-state index >= 15 is 0 Å². The Morgan fingerprint density at radius 2 is 1.79 bits per heavy atom. The summed E-state index contributed by atoms with van der Waals surface area (Å²) in [4.78, 5) is 4.39. The number of nitrogens with one attached hydrogen (secondary N) is 1. The quantitative estimate of drug-likeness (QED) is 0.620. The maximum Gasteiger partial charge on any atom is 0.187 e. The minimum absolute atomic E-state index is 0.106. The van der Waals surface area contributed by atoms with Gasteiger partial charge in [0.1, 0.15) is 0 Å². The number of rotatable bonds is 3. The van der Waals surface area contributed by atoms with Crippen LogP contribution in [0.1, 0.15) is 5.69 Å². The molecule has 7 heteroatoms. The largest absolute Gasteiger partial charge is 0.503 e. The van der Waals surface area contributed by atoms with Crippen molar-refractivity contribution in [1.82, 2.24) is 4.98 Å². The first-order valence-corrected chi connectivity index (χ1v) is 7.29. The summed E-state index contributed by atoms with van der Waals surface area (Å²) in [5, 5.41) is 13.2. The fraction of sp³-hybridized carbons (Fsp3) is 0. The van der Waals surface area contributed by atoms with Crippen molar-refractivity contribution in [3.8, 4) is 5.75 Å². The van der Waals surface area contributed by atoms with Crippen LogP contribution in [-0.2, 0) is 0 Å². The summed E-state index contributed by atoms with van der Waals surface area (Å²) in [6.07, 6.45) is 1.37. The highest BCUT2D eigenvalue weighted by Crippen LogP contribution is 2.24. The van der Waals surface area contributed by atoms with Crippen molar-refractivity contribution in [2.75, 3.05) is 5.32 Å². The molecule has 0 fully saturated rings. The molecule has 0 saturated carbocycles. The number of nitrogens with zero attached hydrogens (tertiary/aromatic N) is 1. The first kappa shape index (κ1) is 16.0. The molecule has 0 amide bonds. The lowest BCUT2D eigenvalue weighted by atomic mass is 10.2. The standard InChI is InChI=1S/C17H12ClF2N3O/c18-10-3-1-9-2-4-15(23-16(9)5-10)14(21)8-22-11-6-12(19)17(24)13(20)7-11/h1-8,22,24H,21H2/b14-8-. The van der Waals surface area contributed by atoms with E-state index in [0.29, 0.717) is 16.2 Å². The molecule has 3 rings (SSSR count). The van der Waals surface area contributed by atoms with E-state index in [0.717, 1.165) is 17.5 Å². The van der Waals surface area contributed by atoms with Crippen LogP contribution in [0, 0.1) is 11.6 Å². The molecule has 24 heavy (non-hydrogen) atoms. The van der Waals surface area contributed by atoms with Crippen molar-refractivity contribution in [3.63, 3.8) is 0 Å². The average molecular weight is 348 g/mol. The second-order valence-electron chi connectivity index (χ2n) is 5.07. The second-order valence-corrected chi connectivity index (χ2v) is 5.50. The molecular weight excluding hydrogens is 336 g/mol. The fourth-order valence-corrected chi connectivity index (χ4v) is 2.30. The highest BCUT2D eigenvalue weighted by atomic mass is 35.5. The van der Waals surface area contributed by atoms with Gasteiger partial charge in [-0.15, -0.1) is 0 Å². The smallest absolute Gasteiger partial charge is 0.187 e. The Labute approximate surface area is 141 Å². The first-order chi connectivity index (χ1) is 11.4. The van der Waals surface area contributed by atoms with Gasteiger partial charge in [0.05, 0.1) is 16.9 Å². The van der Waals surface area contributed by atoms with Crippen molar-refractivity contribution in [3.05, 3.63) is 71.0 Å². The Bertz CT molecular complexity index is 937. The summed E-state index contributed by atoms with van der Waals surface area (Å²) < 4.78 is 26.6. The Balaban J connectivity index is 1.88. The molecule has 0 unspecified atom stereocenters. The van der Waals surface area contributed by atoms with E-state index in [1.165, 1.54) is 6.20 Å². The molecule has 0 aliphatic carbocycles. The number of hydrogen-bond donors (Lipinski definition) is 3. The van der Waals surface area contributed by atoms with Gasteiger partial charge in [-0.05, 0) is 18.2 Å². The number of phenols is 1. The molecule has 0 aliphatic heterocycles. The third kappa shape index (κ3) is 3.23. The number of benzene rings is 2. The lowest BCUT2D eigenvalue weighted by Crippen LogP contribution is -2.03. The van der Waals surface area contributed by atoms with Crippen LogP contribution in [0.15, 0.2) is 48.7 Å². The van der Waals surface area contributed by atoms with Gasteiger partial charge in [0.25, 0.3) is 0 Å². The second kappa shape index (κ2) is 6.33. The van der Waals surface area contributed by atoms with E-state index in [9.17, 15) is 8.78 Å². The van der Waals surface area contributed by atoms with E-state index in [1.807, 2.05) is 12.1 Å². The minimum Gasteiger partial charge on any atom is -0.503 e. The summed E-state index contributed by atoms with van der Waals surface area (Å²) in [7, 11) is 0. The van der Waals surface area contributed by atoms with Gasteiger partial charge >= 0.3 is 0 Å². The van der Waals surface area contributed by atoms with Crippen LogP contribution >= 0.6 is 11.6 Å². The third-order valence-corrected chi connectivity index (χ3v) is 3.60. The summed E-state index contributed by atoms with van der Waals surface area (Å²) in [5.74, 6) is -3.16. The molecule has 0 aliphatic rings. The van der Waals surface area contributed by atoms with Gasteiger partial charge in [-0.25, -0.2) is 13.8 Å². The van der Waals surface area contributed by atoms with E-state index in [-0.39, 0.29) is 11.4 Å². The fourth-order valence-electron chi connectivity index (χ4n) is 2.13. The number of aromatic nitrogens is 1. The molecule has 0 bridgehead atoms. The molecular formula is C17H12ClF2N3O. The summed E-state index contributed by atoms with van der Waals surface area (Å²) in [5.41, 5.74) is 7.48. The maximum absolute atomic E-state index is 13.3. The molecule has 0 spiro atoms. The highest BCUT2D eigenvalue weighted by molar-refractivity contribution is 6.31. The van der Waals surface area contributed by atoms with E-state index in [2.05, 4.69) is 10.3 Å². The SMILES string of the molecule is N/C(=C\Nc1cc(F)c(O)c(F)c1)c1ccc2ccc(Cl)cc2n1. The monoisotopic (exact) mass is 347 g/mol. The van der Waals surface area contributed by atoms with Crippen LogP contribution in [0.2, 0.25) is 5.02 Å². The van der Waals surface area contributed by atoms with Gasteiger partial charge in [0, 0.05) is 34.4 Å². The molecule has 3 aromatic rings. The molecule has 1 heterocycles. The van der Waals surface area contributed by atoms with Gasteiger partial charge in [-0.3, -0.25) is 0 Å². The van der Waals surface area contributed by atoms with Crippen LogP contribution < -0.4 is 11.1 Å². The lowest BCUT2D eigenvalue weighted by Gasteiger charge is -2.07. The highest BCUT2D eigenvalue weighted by Gasteiger charge is 2.09. The number of nitrogens with two attached hydrogens (primary N) is 1. The predicted molar refractivity (Wildman–Crippen MR) is 90.6 cm³/mol. The van der Waals surface area contributed by atoms with Crippen LogP contribution in [0.5, 0.6) is 5.75 Å². The predicted octanol–water partition coefficient (Wildman–Crippen LogP) is 4.24. The first-order valence-electron chi connectivity index (χ1n) is 6.91. The summed E-state index contributed by atoms with van der Waals surface area (Å²) in [6.45, 7) is 0. The van der Waals surface area contributed by atoms with Gasteiger partial charge in [0.2, 0.25) is 0 Å². The summed E-state index contributed by atoms with van der Waals surface area (Å²) in [6, 6.07) is 10.8. The Hall–Kier alpha value is -2.86. The lowest BCUT2D eigenvalue weighted by molar-refractivity contribution is 0.396. The molecule has 4 nitrogen and oxygen atoms in total. The van der Waals surface area contributed by atoms with Crippen molar-refractivity contribution in [2.45, 2.75) is 0 Å². The van der Waals surface area contributed by atoms with Crippen molar-refractivity contribution in [2.24, 2.45) is 5.73 Å². The average Bonchev–Trinajstić information content (AvgIpc) is 2.56. The third-order valence-electron chi connectivity index (χ3n) is 3.36. The van der Waals surface area contributed by atoms with Crippen LogP contribution in [0.25, 0.3) is 16.6 Å². The van der Waals surface area contributed by atoms with Gasteiger partial charge in [-0.2, -0.15) is 0 Å². The number of halogens is 3. The number of phenolic OH excluding ortho intramolecular Hbond substituents is 1. The molecule has 2 aromatic carbocycles. The molecule has 1 aromatic heterocycles. The van der Waals surface area contributed by atoms with Gasteiger partial charge in [0.15, 0.2) is 17.4 Å². The van der Waals surface area contributed by atoms with Gasteiger partial charge < -0.3 is 16.2 Å². The van der Waals surface area contributed by atoms with Crippen LogP contribution in [0.3, 0.4) is 0 Å². The molecule has 0 atom stereocenters. The van der Waals surface area contributed by atoms with E-state index in [1.54, 1.807) is 18.2 Å². The Morgan fingerprint density at radius 1 is 1.12 bits per heavy atom. The number of hydrogen-bond acceptors (Lipinski definition) is 4. The van der Waals surface area contributed by atoms with E-state index in [4.69, 9.17) is 22.4 Å². The maximum atomic E-state index is 13.3. The zero-order valence-corrected chi connectivity index (χ0v) is 13.0. The van der Waals surface area contributed by atoms with Crippen molar-refractivity contribution < 1.29 is 13.9 Å². The van der Waals surface area contributed by atoms with Crippen molar-refractivity contribution >= 4 is 33.9 Å².